The third-order valence-electron chi connectivity index (χ3n) is 2.70. The van der Waals surface area contributed by atoms with E-state index in [9.17, 15) is 34.8 Å². The number of halogens is 7. The summed E-state index contributed by atoms with van der Waals surface area (Å²) in [6.45, 7) is 0. The van der Waals surface area contributed by atoms with Crippen LogP contribution in [0.1, 0.15) is 0 Å². The smallest absolute Gasteiger partial charge is 0.403 e. The van der Waals surface area contributed by atoms with Gasteiger partial charge in [-0.05, 0) is 30.3 Å². The first kappa shape index (κ1) is 19.4. The Labute approximate surface area is 145 Å². The molecule has 0 aliphatic heterocycles. The maximum atomic E-state index is 13.6. The van der Waals surface area contributed by atoms with Crippen LogP contribution in [-0.2, 0) is 10.0 Å². The summed E-state index contributed by atoms with van der Waals surface area (Å²) in [7, 11) is -4.87. The second-order valence-electron chi connectivity index (χ2n) is 4.47. The first-order valence-corrected chi connectivity index (χ1v) is 8.40. The van der Waals surface area contributed by atoms with Crippen molar-refractivity contribution in [3.8, 4) is 5.75 Å². The van der Waals surface area contributed by atoms with Crippen molar-refractivity contribution in [1.82, 2.24) is 0 Å². The van der Waals surface area contributed by atoms with Crippen molar-refractivity contribution in [2.75, 3.05) is 4.72 Å². The molecule has 25 heavy (non-hydrogen) atoms. The molecule has 1 N–H and O–H groups in total. The van der Waals surface area contributed by atoms with Crippen molar-refractivity contribution in [2.45, 2.75) is 11.3 Å². The van der Waals surface area contributed by atoms with E-state index in [-0.39, 0.29) is 4.47 Å². The van der Waals surface area contributed by atoms with E-state index in [0.717, 1.165) is 12.1 Å². The summed E-state index contributed by atoms with van der Waals surface area (Å²) in [5.41, 5.74) is -0.690. The molecule has 12 heteroatoms. The lowest BCUT2D eigenvalue weighted by atomic mass is 10.3. The number of hydrogen-bond acceptors (Lipinski definition) is 3. The van der Waals surface area contributed by atoms with E-state index in [1.165, 1.54) is 6.07 Å². The van der Waals surface area contributed by atoms with Crippen LogP contribution in [0.2, 0.25) is 0 Å². The predicted octanol–water partition coefficient (Wildman–Crippen LogP) is 4.57. The standard InChI is InChI=1S/C13H6BrF6NO3S/c14-6-1-3-8(9(5-6)24-13(18,19)20)21-25(22,23)10-4-2-7(15)11(16)12(10)17/h1-5,21H. The van der Waals surface area contributed by atoms with Crippen LogP contribution in [0, 0.1) is 17.5 Å². The number of sulfonamides is 1. The largest absolute Gasteiger partial charge is 0.573 e. The normalized spacial score (nSPS) is 12.1. The Kier molecular flexibility index (Phi) is 5.23. The molecule has 0 amide bonds. The summed E-state index contributed by atoms with van der Waals surface area (Å²) < 4.78 is 107. The van der Waals surface area contributed by atoms with E-state index in [0.29, 0.717) is 12.1 Å². The number of benzene rings is 2. The molecule has 0 unspecified atom stereocenters. The second kappa shape index (κ2) is 6.75. The van der Waals surface area contributed by atoms with Crippen molar-refractivity contribution in [3.63, 3.8) is 0 Å². The van der Waals surface area contributed by atoms with Gasteiger partial charge in [0.05, 0.1) is 5.69 Å². The maximum absolute atomic E-state index is 13.6. The van der Waals surface area contributed by atoms with Gasteiger partial charge in [-0.3, -0.25) is 4.72 Å². The molecule has 0 radical (unpaired) electrons. The van der Waals surface area contributed by atoms with Gasteiger partial charge in [-0.25, -0.2) is 21.6 Å². The maximum Gasteiger partial charge on any atom is 0.573 e. The molecular weight excluding hydrogens is 444 g/mol. The third kappa shape index (κ3) is 4.57. The van der Waals surface area contributed by atoms with Crippen molar-refractivity contribution in [1.29, 1.82) is 0 Å². The van der Waals surface area contributed by atoms with Gasteiger partial charge in [0.2, 0.25) is 0 Å². The quantitative estimate of drug-likeness (QED) is 0.549. The Morgan fingerprint density at radius 1 is 1.00 bits per heavy atom. The van der Waals surface area contributed by atoms with Gasteiger partial charge in [-0.2, -0.15) is 0 Å². The number of nitrogens with one attached hydrogen (secondary N) is 1. The van der Waals surface area contributed by atoms with Crippen LogP contribution in [0.25, 0.3) is 0 Å². The fourth-order valence-electron chi connectivity index (χ4n) is 1.71. The highest BCUT2D eigenvalue weighted by Crippen LogP contribution is 2.34. The number of ether oxygens (including phenoxy) is 1. The van der Waals surface area contributed by atoms with E-state index < -0.39 is 50.2 Å². The molecule has 136 valence electrons. The highest BCUT2D eigenvalue weighted by Gasteiger charge is 2.33. The molecule has 0 saturated carbocycles. The summed E-state index contributed by atoms with van der Waals surface area (Å²) in [5, 5.41) is 0. The summed E-state index contributed by atoms with van der Waals surface area (Å²) in [6.07, 6.45) is -5.13. The summed E-state index contributed by atoms with van der Waals surface area (Å²) in [5.74, 6) is -6.61. The fraction of sp³-hybridized carbons (Fsp3) is 0.0769. The van der Waals surface area contributed by atoms with Gasteiger partial charge < -0.3 is 4.74 Å². The zero-order chi connectivity index (χ0) is 19.0. The Balaban J connectivity index is 2.47. The van der Waals surface area contributed by atoms with Crippen molar-refractivity contribution in [3.05, 3.63) is 52.3 Å². The zero-order valence-electron chi connectivity index (χ0n) is 11.7. The molecule has 0 bridgehead atoms. The highest BCUT2D eigenvalue weighted by molar-refractivity contribution is 9.10. The molecule has 2 rings (SSSR count). The number of anilines is 1. The molecule has 0 aliphatic carbocycles. The van der Waals surface area contributed by atoms with Crippen LogP contribution in [0.4, 0.5) is 32.0 Å². The fourth-order valence-corrected chi connectivity index (χ4v) is 3.19. The summed E-state index contributed by atoms with van der Waals surface area (Å²) in [4.78, 5) is -1.28. The van der Waals surface area contributed by atoms with E-state index in [1.807, 2.05) is 0 Å². The van der Waals surface area contributed by atoms with Crippen molar-refractivity contribution in [2.24, 2.45) is 0 Å². The lowest BCUT2D eigenvalue weighted by molar-refractivity contribution is -0.274. The predicted molar refractivity (Wildman–Crippen MR) is 77.9 cm³/mol. The van der Waals surface area contributed by atoms with Gasteiger partial charge in [0, 0.05) is 4.47 Å². The highest BCUT2D eigenvalue weighted by atomic mass is 79.9. The number of hydrogen-bond donors (Lipinski definition) is 1. The van der Waals surface area contributed by atoms with Gasteiger partial charge in [-0.1, -0.05) is 15.9 Å². The van der Waals surface area contributed by atoms with Gasteiger partial charge in [0.25, 0.3) is 10.0 Å². The Bertz CT molecular complexity index is 917. The minimum absolute atomic E-state index is 0.133. The molecule has 0 aliphatic rings. The minimum atomic E-state index is -5.13. The second-order valence-corrected chi connectivity index (χ2v) is 7.03. The van der Waals surface area contributed by atoms with Crippen molar-refractivity contribution < 1.29 is 39.5 Å². The first-order chi connectivity index (χ1) is 11.4. The molecule has 0 aromatic heterocycles. The molecule has 0 atom stereocenters. The topological polar surface area (TPSA) is 55.4 Å². The van der Waals surface area contributed by atoms with E-state index >= 15 is 0 Å². The molecule has 4 nitrogen and oxygen atoms in total. The first-order valence-electron chi connectivity index (χ1n) is 6.12. The van der Waals surface area contributed by atoms with Crippen LogP contribution >= 0.6 is 15.9 Å². The van der Waals surface area contributed by atoms with Crippen LogP contribution in [0.3, 0.4) is 0 Å². The number of rotatable bonds is 4. The lowest BCUT2D eigenvalue weighted by Crippen LogP contribution is -2.20. The van der Waals surface area contributed by atoms with Gasteiger partial charge in [-0.15, -0.1) is 13.2 Å². The van der Waals surface area contributed by atoms with Gasteiger partial charge >= 0.3 is 6.36 Å². The van der Waals surface area contributed by atoms with Crippen LogP contribution in [0.15, 0.2) is 39.7 Å². The molecular formula is C13H6BrF6NO3S. The Morgan fingerprint density at radius 3 is 2.24 bits per heavy atom. The SMILES string of the molecule is O=S(=O)(Nc1ccc(Br)cc1OC(F)(F)F)c1ccc(F)c(F)c1F. The monoisotopic (exact) mass is 449 g/mol. The summed E-state index contributed by atoms with van der Waals surface area (Å²) >= 11 is 2.88. The van der Waals surface area contributed by atoms with Crippen LogP contribution in [-0.4, -0.2) is 14.8 Å². The lowest BCUT2D eigenvalue weighted by Gasteiger charge is -2.15. The third-order valence-corrected chi connectivity index (χ3v) is 4.58. The average Bonchev–Trinajstić information content (AvgIpc) is 2.45. The average molecular weight is 450 g/mol. The van der Waals surface area contributed by atoms with E-state index in [4.69, 9.17) is 0 Å². The van der Waals surface area contributed by atoms with E-state index in [1.54, 1.807) is 4.72 Å². The number of alkyl halides is 3. The zero-order valence-corrected chi connectivity index (χ0v) is 14.1. The minimum Gasteiger partial charge on any atom is -0.403 e. The molecule has 2 aromatic carbocycles. The van der Waals surface area contributed by atoms with Crippen LogP contribution < -0.4 is 9.46 Å². The molecule has 0 saturated heterocycles. The Morgan fingerprint density at radius 2 is 1.64 bits per heavy atom. The van der Waals surface area contributed by atoms with Gasteiger partial charge in [0.15, 0.2) is 23.2 Å². The summed E-state index contributed by atoms with van der Waals surface area (Å²) in [6, 6.07) is 3.69. The van der Waals surface area contributed by atoms with E-state index in [2.05, 4.69) is 20.7 Å². The molecule has 0 heterocycles. The Hall–Kier alpha value is -1.95. The van der Waals surface area contributed by atoms with Gasteiger partial charge in [0.1, 0.15) is 4.90 Å². The molecule has 0 fully saturated rings. The molecule has 2 aromatic rings. The molecule has 0 spiro atoms. The van der Waals surface area contributed by atoms with Crippen molar-refractivity contribution >= 4 is 31.6 Å². The van der Waals surface area contributed by atoms with Crippen LogP contribution in [0.5, 0.6) is 5.75 Å².